The zero-order valence-corrected chi connectivity index (χ0v) is 10.1. The molecule has 2 aromatic heterocycles. The summed E-state index contributed by atoms with van der Waals surface area (Å²) in [6, 6.07) is 9.37. The summed E-state index contributed by atoms with van der Waals surface area (Å²) < 4.78 is 41.2. The Morgan fingerprint density at radius 2 is 1.65 bits per heavy atom. The number of hydrogen-bond acceptors (Lipinski definition) is 4. The van der Waals surface area contributed by atoms with E-state index in [1.165, 1.54) is 18.2 Å². The lowest BCUT2D eigenvalue weighted by Crippen LogP contribution is -2.05. The van der Waals surface area contributed by atoms with E-state index < -0.39 is 11.9 Å². The predicted molar refractivity (Wildman–Crippen MR) is 67.7 cm³/mol. The van der Waals surface area contributed by atoms with Crippen LogP contribution >= 0.6 is 0 Å². The Morgan fingerprint density at radius 1 is 1.00 bits per heavy atom. The number of fused-ring (bicyclic) bond motifs is 1. The molecule has 20 heavy (non-hydrogen) atoms. The summed E-state index contributed by atoms with van der Waals surface area (Å²) in [5.74, 6) is 0. The smallest absolute Gasteiger partial charge is 0.399 e. The maximum absolute atomic E-state index is 12.2. The Balaban J connectivity index is 0.000000178. The van der Waals surface area contributed by atoms with E-state index in [9.17, 15) is 13.2 Å². The molecule has 0 aliphatic rings. The second-order valence-corrected chi connectivity index (χ2v) is 3.81. The number of para-hydroxylation sites is 1. The molecule has 0 saturated heterocycles. The number of nitrogens with zero attached hydrogens (tertiary/aromatic N) is 2. The Morgan fingerprint density at radius 3 is 2.20 bits per heavy atom. The van der Waals surface area contributed by atoms with Crippen LogP contribution in [0.15, 0.2) is 53.3 Å². The van der Waals surface area contributed by atoms with E-state index in [2.05, 4.69) is 14.7 Å². The minimum absolute atomic E-state index is 0.00463. The molecule has 0 saturated carbocycles. The molecule has 0 radical (unpaired) electrons. The number of halogens is 3. The van der Waals surface area contributed by atoms with Crippen molar-refractivity contribution < 1.29 is 17.7 Å². The van der Waals surface area contributed by atoms with Gasteiger partial charge in [-0.3, -0.25) is 4.98 Å². The Hall–Kier alpha value is -2.57. The van der Waals surface area contributed by atoms with Crippen LogP contribution in [0.4, 0.5) is 18.9 Å². The minimum Gasteiger partial charge on any atom is -0.399 e. The fraction of sp³-hybridized carbons (Fsp3) is 0.0769. The zero-order valence-electron chi connectivity index (χ0n) is 10.1. The Bertz CT molecular complexity index is 680. The molecule has 1 aromatic carbocycles. The van der Waals surface area contributed by atoms with Gasteiger partial charge in [0.25, 0.3) is 0 Å². The van der Waals surface area contributed by atoms with Gasteiger partial charge < -0.3 is 10.3 Å². The summed E-state index contributed by atoms with van der Waals surface area (Å²) in [6.07, 6.45) is -1.13. The topological polar surface area (TPSA) is 64.9 Å². The van der Waals surface area contributed by atoms with Gasteiger partial charge in [0.05, 0.1) is 5.39 Å². The van der Waals surface area contributed by atoms with Crippen LogP contribution in [0.25, 0.3) is 11.0 Å². The summed E-state index contributed by atoms with van der Waals surface area (Å²) in [7, 11) is 0. The van der Waals surface area contributed by atoms with Crippen LogP contribution in [0.3, 0.4) is 0 Å². The third kappa shape index (κ3) is 3.25. The van der Waals surface area contributed by atoms with Crippen molar-refractivity contribution in [3.05, 3.63) is 54.5 Å². The van der Waals surface area contributed by atoms with Gasteiger partial charge in [-0.05, 0) is 24.3 Å². The molecule has 0 amide bonds. The number of nitrogens with two attached hydrogens (primary N) is 1. The first-order valence-corrected chi connectivity index (χ1v) is 5.55. The van der Waals surface area contributed by atoms with Crippen molar-refractivity contribution in [1.82, 2.24) is 10.1 Å². The molecule has 0 aliphatic carbocycles. The van der Waals surface area contributed by atoms with Crippen LogP contribution in [0.5, 0.6) is 0 Å². The number of hydrogen-bond donors (Lipinski definition) is 1. The summed E-state index contributed by atoms with van der Waals surface area (Å²) in [5, 5.41) is 2.96. The van der Waals surface area contributed by atoms with Crippen molar-refractivity contribution in [2.24, 2.45) is 0 Å². The largest absolute Gasteiger partial charge is 0.437 e. The second-order valence-electron chi connectivity index (χ2n) is 3.81. The van der Waals surface area contributed by atoms with Gasteiger partial charge in [0.15, 0.2) is 11.3 Å². The molecule has 3 rings (SSSR count). The Kier molecular flexibility index (Phi) is 3.88. The maximum atomic E-state index is 12.2. The molecule has 2 N–H and O–H groups in total. The first-order chi connectivity index (χ1) is 9.48. The fourth-order valence-electron chi connectivity index (χ4n) is 1.45. The molecule has 0 bridgehead atoms. The molecule has 104 valence electrons. The van der Waals surface area contributed by atoms with Crippen molar-refractivity contribution in [3.8, 4) is 0 Å². The lowest BCUT2D eigenvalue weighted by Gasteiger charge is -1.99. The normalized spacial score (nSPS) is 10.9. The van der Waals surface area contributed by atoms with E-state index in [1.54, 1.807) is 30.6 Å². The molecular formula is C13H10F3N3O. The predicted octanol–water partition coefficient (Wildman–Crippen LogP) is 3.51. The molecule has 3 aromatic rings. The van der Waals surface area contributed by atoms with Crippen LogP contribution in [0, 0.1) is 0 Å². The van der Waals surface area contributed by atoms with Crippen LogP contribution in [0.2, 0.25) is 0 Å². The van der Waals surface area contributed by atoms with E-state index in [-0.39, 0.29) is 11.0 Å². The van der Waals surface area contributed by atoms with E-state index in [0.717, 1.165) is 5.69 Å². The molecule has 7 heteroatoms. The number of rotatable bonds is 0. The molecule has 0 aliphatic heterocycles. The van der Waals surface area contributed by atoms with E-state index >= 15 is 0 Å². The van der Waals surface area contributed by atoms with Crippen molar-refractivity contribution in [1.29, 1.82) is 0 Å². The molecule has 0 unspecified atom stereocenters. The van der Waals surface area contributed by atoms with E-state index in [4.69, 9.17) is 5.73 Å². The van der Waals surface area contributed by atoms with Crippen molar-refractivity contribution in [2.45, 2.75) is 6.18 Å². The van der Waals surface area contributed by atoms with Gasteiger partial charge in [-0.2, -0.15) is 13.2 Å². The highest BCUT2D eigenvalue weighted by Gasteiger charge is 2.36. The average molecular weight is 281 g/mol. The standard InChI is InChI=1S/C8H4F3NO.C5H6N2/c9-8(10,11)7-5-3-1-2-4-6(5)13-12-7;6-5-1-3-7-4-2-5/h1-4H;1-4H,(H2,6,7). The summed E-state index contributed by atoms with van der Waals surface area (Å²) >= 11 is 0. The first-order valence-electron chi connectivity index (χ1n) is 5.55. The van der Waals surface area contributed by atoms with Crippen molar-refractivity contribution in [3.63, 3.8) is 0 Å². The van der Waals surface area contributed by atoms with Crippen LogP contribution in [-0.2, 0) is 6.18 Å². The monoisotopic (exact) mass is 281 g/mol. The van der Waals surface area contributed by atoms with Crippen molar-refractivity contribution >= 4 is 16.7 Å². The van der Waals surface area contributed by atoms with Gasteiger partial charge >= 0.3 is 6.18 Å². The number of anilines is 1. The number of pyridine rings is 1. The van der Waals surface area contributed by atoms with Crippen LogP contribution in [-0.4, -0.2) is 10.1 Å². The SMILES string of the molecule is FC(F)(F)c1noc2ccccc12.Nc1ccncc1. The van der Waals surface area contributed by atoms with Gasteiger partial charge in [0.2, 0.25) is 0 Å². The first kappa shape index (κ1) is 13.9. The van der Waals surface area contributed by atoms with Crippen molar-refractivity contribution in [2.75, 3.05) is 5.73 Å². The quantitative estimate of drug-likeness (QED) is 0.684. The molecule has 0 fully saturated rings. The van der Waals surface area contributed by atoms with Gasteiger partial charge in [-0.15, -0.1) is 0 Å². The summed E-state index contributed by atoms with van der Waals surface area (Å²) in [4.78, 5) is 3.77. The van der Waals surface area contributed by atoms with Crippen LogP contribution in [0.1, 0.15) is 5.69 Å². The third-order valence-electron chi connectivity index (χ3n) is 2.35. The molecule has 0 atom stereocenters. The average Bonchev–Trinajstić information content (AvgIpc) is 2.84. The zero-order chi connectivity index (χ0) is 14.6. The van der Waals surface area contributed by atoms with Gasteiger partial charge in [-0.25, -0.2) is 0 Å². The molecule has 0 spiro atoms. The lowest BCUT2D eigenvalue weighted by atomic mass is 10.2. The number of aromatic nitrogens is 2. The molecular weight excluding hydrogens is 271 g/mol. The van der Waals surface area contributed by atoms with Gasteiger partial charge in [-0.1, -0.05) is 17.3 Å². The van der Waals surface area contributed by atoms with Gasteiger partial charge in [0.1, 0.15) is 0 Å². The van der Waals surface area contributed by atoms with Crippen LogP contribution < -0.4 is 5.73 Å². The highest BCUT2D eigenvalue weighted by Crippen LogP contribution is 2.33. The molecule has 4 nitrogen and oxygen atoms in total. The van der Waals surface area contributed by atoms with E-state index in [1.807, 2.05) is 0 Å². The molecule has 2 heterocycles. The van der Waals surface area contributed by atoms with E-state index in [0.29, 0.717) is 0 Å². The highest BCUT2D eigenvalue weighted by molar-refractivity contribution is 5.79. The summed E-state index contributed by atoms with van der Waals surface area (Å²) in [6.45, 7) is 0. The highest BCUT2D eigenvalue weighted by atomic mass is 19.4. The fourth-order valence-corrected chi connectivity index (χ4v) is 1.45. The maximum Gasteiger partial charge on any atom is 0.437 e. The second kappa shape index (κ2) is 5.60. The Labute approximate surface area is 112 Å². The number of benzene rings is 1. The number of alkyl halides is 3. The third-order valence-corrected chi connectivity index (χ3v) is 2.35. The minimum atomic E-state index is -4.45. The van der Waals surface area contributed by atoms with Gasteiger partial charge in [0, 0.05) is 18.1 Å². The lowest BCUT2D eigenvalue weighted by molar-refractivity contribution is -0.141. The number of nitrogen functional groups attached to an aromatic ring is 1. The summed E-state index contributed by atoms with van der Waals surface area (Å²) in [5.41, 5.74) is 5.26.